The van der Waals surface area contributed by atoms with E-state index >= 15 is 0 Å². The molecule has 6 rings (SSSR count). The largest absolute Gasteiger partial charge is 0.421 e. The zero-order chi connectivity index (χ0) is 25.4. The summed E-state index contributed by atoms with van der Waals surface area (Å²) in [5.74, 6) is -0.211. The van der Waals surface area contributed by atoms with Crippen LogP contribution in [0.15, 0.2) is 60.8 Å². The van der Waals surface area contributed by atoms with Crippen LogP contribution in [0.25, 0.3) is 0 Å². The van der Waals surface area contributed by atoms with E-state index in [1.54, 1.807) is 0 Å². The molecule has 2 aliphatic heterocycles. The number of anilines is 4. The second-order valence-corrected chi connectivity index (χ2v) is 9.73. The fourth-order valence-electron chi connectivity index (χ4n) is 5.13. The molecule has 0 spiro atoms. The number of rotatable bonds is 6. The van der Waals surface area contributed by atoms with Crippen LogP contribution >= 0.6 is 0 Å². The Morgan fingerprint density at radius 2 is 1.62 bits per heavy atom. The number of aromatic nitrogens is 2. The van der Waals surface area contributed by atoms with E-state index in [4.69, 9.17) is 4.84 Å². The maximum atomic E-state index is 13.9. The highest BCUT2D eigenvalue weighted by molar-refractivity contribution is 5.61. The van der Waals surface area contributed by atoms with Crippen molar-refractivity contribution < 1.29 is 18.0 Å². The van der Waals surface area contributed by atoms with Gasteiger partial charge >= 0.3 is 6.18 Å². The molecule has 3 aromatic rings. The van der Waals surface area contributed by atoms with Crippen LogP contribution in [-0.4, -0.2) is 53.7 Å². The summed E-state index contributed by atoms with van der Waals surface area (Å²) in [7, 11) is 0. The second-order valence-electron chi connectivity index (χ2n) is 9.73. The van der Waals surface area contributed by atoms with Crippen molar-refractivity contribution in [2.45, 2.75) is 37.5 Å². The zero-order valence-electron chi connectivity index (χ0n) is 20.4. The number of nitrogens with zero attached hydrogens (tertiary/aromatic N) is 5. The number of hydroxylamine groups is 1. The Bertz CT molecular complexity index is 1210. The van der Waals surface area contributed by atoms with Crippen molar-refractivity contribution in [3.8, 4) is 0 Å². The van der Waals surface area contributed by atoms with Gasteiger partial charge in [0.2, 0.25) is 5.95 Å². The van der Waals surface area contributed by atoms with E-state index in [0.29, 0.717) is 18.7 Å². The van der Waals surface area contributed by atoms with Gasteiger partial charge in [-0.2, -0.15) is 18.2 Å². The number of benzene rings is 2. The predicted molar refractivity (Wildman–Crippen MR) is 136 cm³/mol. The first kappa shape index (κ1) is 24.0. The first-order chi connectivity index (χ1) is 18.0. The Kier molecular flexibility index (Phi) is 6.37. The van der Waals surface area contributed by atoms with Crippen molar-refractivity contribution in [1.82, 2.24) is 14.9 Å². The highest BCUT2D eigenvalue weighted by atomic mass is 19.4. The molecule has 0 bridgehead atoms. The highest BCUT2D eigenvalue weighted by Crippen LogP contribution is 2.41. The second kappa shape index (κ2) is 9.83. The van der Waals surface area contributed by atoms with Crippen LogP contribution in [0.2, 0.25) is 0 Å². The van der Waals surface area contributed by atoms with Gasteiger partial charge in [-0.3, -0.25) is 9.74 Å². The molecular weight excluding hydrogens is 481 g/mol. The van der Waals surface area contributed by atoms with Crippen LogP contribution in [0.1, 0.15) is 36.4 Å². The molecule has 1 atom stereocenters. The van der Waals surface area contributed by atoms with Gasteiger partial charge in [0.25, 0.3) is 0 Å². The topological polar surface area (TPSA) is 56.8 Å². The molecule has 1 aliphatic carbocycles. The summed E-state index contributed by atoms with van der Waals surface area (Å²) >= 11 is 0. The molecule has 7 nitrogen and oxygen atoms in total. The van der Waals surface area contributed by atoms with Crippen molar-refractivity contribution in [1.29, 1.82) is 0 Å². The van der Waals surface area contributed by atoms with Gasteiger partial charge in [-0.05, 0) is 42.7 Å². The fourth-order valence-corrected chi connectivity index (χ4v) is 5.13. The summed E-state index contributed by atoms with van der Waals surface area (Å²) in [5, 5.41) is 4.34. The average molecular weight is 511 g/mol. The van der Waals surface area contributed by atoms with E-state index in [1.807, 2.05) is 54.6 Å². The van der Waals surface area contributed by atoms with Gasteiger partial charge in [-0.1, -0.05) is 30.3 Å². The SMILES string of the molecule is FC(F)(F)c1cnc(Nc2ccc(N3CCN(C4CC4)CC3)cc2)nc1N1OCC[C@H]1c1ccccc1. The van der Waals surface area contributed by atoms with E-state index < -0.39 is 11.7 Å². The molecule has 37 heavy (non-hydrogen) atoms. The maximum Gasteiger partial charge on any atom is 0.421 e. The van der Waals surface area contributed by atoms with Gasteiger partial charge in [-0.15, -0.1) is 0 Å². The van der Waals surface area contributed by atoms with Gasteiger partial charge in [0.15, 0.2) is 5.82 Å². The Labute approximate surface area is 213 Å². The van der Waals surface area contributed by atoms with Crippen LogP contribution in [0.5, 0.6) is 0 Å². The molecule has 1 N–H and O–H groups in total. The minimum atomic E-state index is -4.62. The summed E-state index contributed by atoms with van der Waals surface area (Å²) in [6.07, 6.45) is -0.589. The van der Waals surface area contributed by atoms with E-state index in [1.165, 1.54) is 17.9 Å². The number of hydrogen-bond donors (Lipinski definition) is 1. The van der Waals surface area contributed by atoms with Crippen molar-refractivity contribution in [3.63, 3.8) is 0 Å². The number of piperazine rings is 1. The van der Waals surface area contributed by atoms with Crippen molar-refractivity contribution in [2.75, 3.05) is 48.1 Å². The Hall–Kier alpha value is -3.37. The van der Waals surface area contributed by atoms with E-state index in [2.05, 4.69) is 25.1 Å². The molecular formula is C27H29F3N6O. The summed E-state index contributed by atoms with van der Waals surface area (Å²) in [6.45, 7) is 4.45. The highest BCUT2D eigenvalue weighted by Gasteiger charge is 2.40. The van der Waals surface area contributed by atoms with E-state index in [9.17, 15) is 13.2 Å². The van der Waals surface area contributed by atoms with E-state index in [-0.39, 0.29) is 17.8 Å². The monoisotopic (exact) mass is 510 g/mol. The Morgan fingerprint density at radius 1 is 0.892 bits per heavy atom. The third-order valence-corrected chi connectivity index (χ3v) is 7.24. The number of alkyl halides is 3. The van der Waals surface area contributed by atoms with Crippen molar-refractivity contribution in [3.05, 3.63) is 71.9 Å². The molecule has 3 aliphatic rings. The van der Waals surface area contributed by atoms with Gasteiger partial charge in [0.1, 0.15) is 5.56 Å². The Morgan fingerprint density at radius 3 is 2.30 bits per heavy atom. The average Bonchev–Trinajstić information content (AvgIpc) is 3.65. The molecule has 1 saturated carbocycles. The molecule has 10 heteroatoms. The lowest BCUT2D eigenvalue weighted by Gasteiger charge is -2.36. The normalized spacial score (nSPS) is 20.9. The summed E-state index contributed by atoms with van der Waals surface area (Å²) in [4.78, 5) is 18.8. The molecule has 3 heterocycles. The minimum absolute atomic E-state index is 0.0797. The van der Waals surface area contributed by atoms with Crippen molar-refractivity contribution in [2.24, 2.45) is 0 Å². The molecule has 2 aromatic carbocycles. The molecule has 0 unspecified atom stereocenters. The van der Waals surface area contributed by atoms with Gasteiger partial charge in [0.05, 0.1) is 12.6 Å². The van der Waals surface area contributed by atoms with Crippen LogP contribution in [0.4, 0.5) is 36.3 Å². The molecule has 2 saturated heterocycles. The first-order valence-electron chi connectivity index (χ1n) is 12.7. The van der Waals surface area contributed by atoms with Crippen LogP contribution in [0, 0.1) is 0 Å². The summed E-state index contributed by atoms with van der Waals surface area (Å²) in [5.41, 5.74) is 1.77. The van der Waals surface area contributed by atoms with Gasteiger partial charge in [0, 0.05) is 56.2 Å². The number of halogens is 3. The van der Waals surface area contributed by atoms with Crippen LogP contribution < -0.4 is 15.3 Å². The first-order valence-corrected chi connectivity index (χ1v) is 12.7. The Balaban J connectivity index is 1.20. The molecule has 3 fully saturated rings. The van der Waals surface area contributed by atoms with Crippen molar-refractivity contribution >= 4 is 23.1 Å². The van der Waals surface area contributed by atoms with Gasteiger partial charge in [-0.25, -0.2) is 10.0 Å². The van der Waals surface area contributed by atoms with Crippen LogP contribution in [-0.2, 0) is 11.0 Å². The molecule has 0 radical (unpaired) electrons. The lowest BCUT2D eigenvalue weighted by Crippen LogP contribution is -2.47. The molecule has 0 amide bonds. The number of hydrogen-bond acceptors (Lipinski definition) is 7. The number of nitrogens with one attached hydrogen (secondary N) is 1. The standard InChI is InChI=1S/C27H29F3N6O/c28-27(29,30)23-18-31-26(33-25(23)36-24(12-17-37-36)19-4-2-1-3-5-19)32-20-6-8-21(9-7-20)34-13-15-35(16-14-34)22-10-11-22/h1-9,18,22,24H,10-17H2,(H,31,32,33)/t24-/m0/s1. The summed E-state index contributed by atoms with van der Waals surface area (Å²) in [6, 6.07) is 17.6. The maximum absolute atomic E-state index is 13.9. The predicted octanol–water partition coefficient (Wildman–Crippen LogP) is 5.41. The smallest absolute Gasteiger partial charge is 0.369 e. The third-order valence-electron chi connectivity index (χ3n) is 7.24. The lowest BCUT2D eigenvalue weighted by molar-refractivity contribution is -0.138. The molecule has 1 aromatic heterocycles. The summed E-state index contributed by atoms with van der Waals surface area (Å²) < 4.78 is 41.7. The fraction of sp³-hybridized carbons (Fsp3) is 0.407. The quantitative estimate of drug-likeness (QED) is 0.476. The zero-order valence-corrected chi connectivity index (χ0v) is 20.4. The third kappa shape index (κ3) is 5.21. The van der Waals surface area contributed by atoms with E-state index in [0.717, 1.165) is 49.7 Å². The van der Waals surface area contributed by atoms with Crippen LogP contribution in [0.3, 0.4) is 0 Å². The lowest BCUT2D eigenvalue weighted by atomic mass is 10.0. The van der Waals surface area contributed by atoms with Gasteiger partial charge < -0.3 is 10.2 Å². The molecule has 194 valence electrons. The minimum Gasteiger partial charge on any atom is -0.369 e.